The summed E-state index contributed by atoms with van der Waals surface area (Å²) in [6.45, 7) is 9.77. The van der Waals surface area contributed by atoms with Gasteiger partial charge in [-0.3, -0.25) is 4.68 Å². The molecule has 0 bridgehead atoms. The van der Waals surface area contributed by atoms with E-state index in [9.17, 15) is 14.4 Å². The summed E-state index contributed by atoms with van der Waals surface area (Å²) in [7, 11) is 8.53. The number of nitrogen functional groups attached to an aromatic ring is 3. The van der Waals surface area contributed by atoms with Crippen LogP contribution in [0, 0.1) is 41.5 Å². The van der Waals surface area contributed by atoms with Gasteiger partial charge in [0, 0.05) is 21.1 Å². The summed E-state index contributed by atoms with van der Waals surface area (Å²) in [6, 6.07) is 0. The lowest BCUT2D eigenvalue weighted by molar-refractivity contribution is 0.0591. The molecule has 0 aliphatic rings. The van der Waals surface area contributed by atoms with Crippen molar-refractivity contribution in [3.8, 4) is 17.8 Å². The number of ether oxygens (including phenoxy) is 3. The second-order valence-electron chi connectivity index (χ2n) is 14.2. The fraction of sp³-hybridized carbons (Fsp3) is 0.333. The van der Waals surface area contributed by atoms with Crippen molar-refractivity contribution in [3.05, 3.63) is 50.9 Å². The van der Waals surface area contributed by atoms with Gasteiger partial charge in [0.15, 0.2) is 46.2 Å². The lowest BCUT2D eigenvalue weighted by Crippen LogP contribution is -2.17. The minimum Gasteiger partial charge on any atom is -0.465 e. The zero-order valence-electron chi connectivity index (χ0n) is 37.6. The average Bonchev–Trinajstić information content (AvgIpc) is 4.07. The van der Waals surface area contributed by atoms with Crippen LogP contribution in [0.25, 0.3) is 17.8 Å². The van der Waals surface area contributed by atoms with Gasteiger partial charge in [-0.25, -0.2) is 23.7 Å². The molecule has 30 nitrogen and oxygen atoms in total. The Morgan fingerprint density at radius 1 is 0.439 bits per heavy atom. The van der Waals surface area contributed by atoms with E-state index in [4.69, 9.17) is 31.4 Å². The molecule has 342 valence electrons. The molecule has 0 aliphatic carbocycles. The maximum Gasteiger partial charge on any atom is 0.343 e. The van der Waals surface area contributed by atoms with Crippen LogP contribution in [0.4, 0.5) is 52.0 Å². The summed E-state index contributed by atoms with van der Waals surface area (Å²) in [4.78, 5) is 51.6. The van der Waals surface area contributed by atoms with Crippen LogP contribution in [0.2, 0.25) is 0 Å². The molecular formula is C36H42N24O6. The molecule has 0 saturated carbocycles. The van der Waals surface area contributed by atoms with E-state index in [1.807, 2.05) is 0 Å². The number of aryl methyl sites for hydroxylation is 8. The standard InChI is InChI=1S/C36H42N24O6/c1-13-19(31(61)64-10)29(56(8)49-13)47-44-23-16(4)52-59(26(23)38)35-40-34(58-25(37)22(15(3)51-58)43-46-28-21(33(63)66-12)18(6)55(7)54-28)41-36(42-35)60-27(39)24(17(5)53-60)45-48-30-20(32(62)65-11)14(2)50-57(30)9/h37-39H2,1-12H3. The molecule has 7 rings (SSSR count). The van der Waals surface area contributed by atoms with Crippen molar-refractivity contribution in [1.82, 2.24) is 73.6 Å². The van der Waals surface area contributed by atoms with Gasteiger partial charge in [-0.2, -0.15) is 59.6 Å². The zero-order chi connectivity index (χ0) is 48.0. The predicted octanol–water partition coefficient (Wildman–Crippen LogP) is 3.83. The Kier molecular flexibility index (Phi) is 11.7. The first-order valence-electron chi connectivity index (χ1n) is 19.2. The van der Waals surface area contributed by atoms with Crippen LogP contribution < -0.4 is 17.2 Å². The van der Waals surface area contributed by atoms with E-state index < -0.39 is 17.9 Å². The maximum absolute atomic E-state index is 12.6. The maximum atomic E-state index is 12.6. The molecule has 7 aromatic heterocycles. The van der Waals surface area contributed by atoms with Crippen LogP contribution in [-0.4, -0.2) is 113 Å². The Bertz CT molecular complexity index is 3060. The first-order chi connectivity index (χ1) is 31.3. The second kappa shape index (κ2) is 17.2. The first kappa shape index (κ1) is 44.9. The highest BCUT2D eigenvalue weighted by molar-refractivity contribution is 5.96. The Balaban J connectivity index is 1.38. The molecule has 7 aromatic rings. The molecule has 30 heteroatoms. The van der Waals surface area contributed by atoms with E-state index >= 15 is 0 Å². The first-order valence-corrected chi connectivity index (χ1v) is 19.2. The third-order valence-corrected chi connectivity index (χ3v) is 9.96. The number of carbonyl (C=O) groups is 3. The van der Waals surface area contributed by atoms with Crippen molar-refractivity contribution in [2.24, 2.45) is 51.8 Å². The molecule has 0 unspecified atom stereocenters. The highest BCUT2D eigenvalue weighted by Gasteiger charge is 2.27. The van der Waals surface area contributed by atoms with Crippen molar-refractivity contribution in [1.29, 1.82) is 0 Å². The number of methoxy groups -OCH3 is 3. The number of aromatic nitrogens is 15. The Morgan fingerprint density at radius 2 is 0.773 bits per heavy atom. The monoisotopic (exact) mass is 906 g/mol. The summed E-state index contributed by atoms with van der Waals surface area (Å²) in [5.41, 5.74) is 22.6. The third kappa shape index (κ3) is 7.70. The van der Waals surface area contributed by atoms with Crippen molar-refractivity contribution in [2.75, 3.05) is 38.5 Å². The van der Waals surface area contributed by atoms with Crippen LogP contribution in [0.15, 0.2) is 30.7 Å². The van der Waals surface area contributed by atoms with Crippen molar-refractivity contribution < 1.29 is 28.6 Å². The SMILES string of the molecule is COC(=O)c1c(N=Nc2c(C)nn(-c3nc(-n4nc(C)c(N=Nc5c(C(=O)OC)c(C)nn5C)c4N)nc(-n4nc(C)c(N=Nc5c(C(=O)OC)c(C)nn5C)c4N)n3)c2N)nn(C)c1C. The molecule has 0 aromatic carbocycles. The fourth-order valence-corrected chi connectivity index (χ4v) is 6.56. The molecule has 0 fully saturated rings. The Labute approximate surface area is 372 Å². The number of anilines is 3. The molecule has 0 radical (unpaired) electrons. The minimum atomic E-state index is -0.661. The molecule has 6 N–H and O–H groups in total. The molecule has 0 saturated heterocycles. The van der Waals surface area contributed by atoms with Crippen LogP contribution in [0.5, 0.6) is 0 Å². The van der Waals surface area contributed by atoms with E-state index in [2.05, 4.69) is 76.2 Å². The third-order valence-electron chi connectivity index (χ3n) is 9.96. The molecule has 0 aliphatic heterocycles. The summed E-state index contributed by atoms with van der Waals surface area (Å²) in [6.07, 6.45) is 0. The molecular weight excluding hydrogens is 865 g/mol. The fourth-order valence-electron chi connectivity index (χ4n) is 6.56. The molecule has 0 atom stereocenters. The van der Waals surface area contributed by atoms with Gasteiger partial charge in [0.1, 0.15) is 16.7 Å². The lowest BCUT2D eigenvalue weighted by atomic mass is 10.2. The summed E-state index contributed by atoms with van der Waals surface area (Å²) >= 11 is 0. The topological polar surface area (TPSA) is 377 Å². The molecule has 66 heavy (non-hydrogen) atoms. The Morgan fingerprint density at radius 3 is 1.12 bits per heavy atom. The van der Waals surface area contributed by atoms with Crippen LogP contribution in [0.1, 0.15) is 65.2 Å². The lowest BCUT2D eigenvalue weighted by Gasteiger charge is -2.09. The largest absolute Gasteiger partial charge is 0.465 e. The summed E-state index contributed by atoms with van der Waals surface area (Å²) in [5.74, 6) is -2.66. The molecule has 0 spiro atoms. The van der Waals surface area contributed by atoms with Crippen LogP contribution in [0.3, 0.4) is 0 Å². The predicted molar refractivity (Wildman–Crippen MR) is 229 cm³/mol. The number of azo groups is 3. The molecule has 7 heterocycles. The van der Waals surface area contributed by atoms with E-state index in [-0.39, 0.29) is 104 Å². The van der Waals surface area contributed by atoms with Gasteiger partial charge in [0.05, 0.1) is 55.5 Å². The molecule has 0 amide bonds. The van der Waals surface area contributed by atoms with E-state index in [0.29, 0.717) is 17.1 Å². The number of nitrogens with two attached hydrogens (primary N) is 3. The number of esters is 3. The van der Waals surface area contributed by atoms with Crippen LogP contribution in [-0.2, 0) is 35.4 Å². The minimum absolute atomic E-state index is 0.0202. The Hall–Kier alpha value is -9.12. The van der Waals surface area contributed by atoms with Gasteiger partial charge in [0.25, 0.3) is 17.8 Å². The highest BCUT2D eigenvalue weighted by Crippen LogP contribution is 2.36. The number of nitrogens with zero attached hydrogens (tertiary/aromatic N) is 21. The average molecular weight is 907 g/mol. The van der Waals surface area contributed by atoms with Crippen LogP contribution >= 0.6 is 0 Å². The zero-order valence-corrected chi connectivity index (χ0v) is 37.6. The highest BCUT2D eigenvalue weighted by atomic mass is 16.5. The van der Waals surface area contributed by atoms with Gasteiger partial charge < -0.3 is 31.4 Å². The number of carbonyl (C=O) groups excluding carboxylic acids is 3. The van der Waals surface area contributed by atoms with E-state index in [1.54, 1.807) is 62.7 Å². The van der Waals surface area contributed by atoms with Crippen molar-refractivity contribution in [2.45, 2.75) is 41.5 Å². The smallest absolute Gasteiger partial charge is 0.343 e. The summed E-state index contributed by atoms with van der Waals surface area (Å²) in [5, 5.41) is 52.2. The normalized spacial score (nSPS) is 11.8. The van der Waals surface area contributed by atoms with Crippen molar-refractivity contribution >= 4 is 69.9 Å². The second-order valence-corrected chi connectivity index (χ2v) is 14.2. The quantitative estimate of drug-likeness (QED) is 0.0890. The van der Waals surface area contributed by atoms with E-state index in [0.717, 1.165) is 14.0 Å². The summed E-state index contributed by atoms with van der Waals surface area (Å²) < 4.78 is 22.4. The van der Waals surface area contributed by atoms with Gasteiger partial charge >= 0.3 is 17.9 Å². The van der Waals surface area contributed by atoms with Gasteiger partial charge in [-0.1, -0.05) is 0 Å². The van der Waals surface area contributed by atoms with Gasteiger partial charge in [-0.05, 0) is 41.5 Å². The van der Waals surface area contributed by atoms with Crippen molar-refractivity contribution in [3.63, 3.8) is 0 Å². The van der Waals surface area contributed by atoms with E-state index in [1.165, 1.54) is 35.4 Å². The number of hydrogen-bond donors (Lipinski definition) is 3. The van der Waals surface area contributed by atoms with Gasteiger partial charge in [-0.15, -0.1) is 30.7 Å². The van der Waals surface area contributed by atoms with Gasteiger partial charge in [0.2, 0.25) is 5.82 Å². The number of rotatable bonds is 12. The number of hydrogen-bond acceptors (Lipinski definition) is 24.